The standard InChI is InChI=1S/C16H14ClF2N/c17-14-8-16(19)15(18)7-13(14)12-4-2-1-3-10(12)9-20-11-5-6-11/h1-4,7-8,11,20H,5-6,9H2. The van der Waals surface area contributed by atoms with Crippen molar-refractivity contribution in [3.05, 3.63) is 58.6 Å². The molecule has 0 aliphatic heterocycles. The number of benzene rings is 2. The lowest BCUT2D eigenvalue weighted by Gasteiger charge is -2.12. The highest BCUT2D eigenvalue weighted by atomic mass is 35.5. The van der Waals surface area contributed by atoms with E-state index < -0.39 is 11.6 Å². The average molecular weight is 294 g/mol. The van der Waals surface area contributed by atoms with Crippen molar-refractivity contribution in [1.29, 1.82) is 0 Å². The van der Waals surface area contributed by atoms with E-state index in [1.165, 1.54) is 12.8 Å². The van der Waals surface area contributed by atoms with E-state index >= 15 is 0 Å². The lowest BCUT2D eigenvalue weighted by Crippen LogP contribution is -2.15. The van der Waals surface area contributed by atoms with Gasteiger partial charge in [-0.25, -0.2) is 8.78 Å². The Labute approximate surface area is 121 Å². The highest BCUT2D eigenvalue weighted by Crippen LogP contribution is 2.32. The van der Waals surface area contributed by atoms with Crippen molar-refractivity contribution in [2.45, 2.75) is 25.4 Å². The van der Waals surface area contributed by atoms with Crippen LogP contribution in [0.2, 0.25) is 5.02 Å². The van der Waals surface area contributed by atoms with Crippen molar-refractivity contribution in [3.8, 4) is 11.1 Å². The SMILES string of the molecule is Fc1cc(Cl)c(-c2ccccc2CNC2CC2)cc1F. The van der Waals surface area contributed by atoms with E-state index in [4.69, 9.17) is 11.6 Å². The first-order valence-corrected chi connectivity index (χ1v) is 6.99. The summed E-state index contributed by atoms with van der Waals surface area (Å²) in [6.45, 7) is 0.705. The van der Waals surface area contributed by atoms with Gasteiger partial charge in [-0.05, 0) is 36.1 Å². The van der Waals surface area contributed by atoms with E-state index in [1.807, 2.05) is 24.3 Å². The maximum absolute atomic E-state index is 13.5. The minimum absolute atomic E-state index is 0.225. The van der Waals surface area contributed by atoms with Crippen molar-refractivity contribution in [1.82, 2.24) is 5.32 Å². The van der Waals surface area contributed by atoms with Gasteiger partial charge in [-0.3, -0.25) is 0 Å². The highest BCUT2D eigenvalue weighted by Gasteiger charge is 2.21. The Hall–Kier alpha value is -1.45. The van der Waals surface area contributed by atoms with Crippen LogP contribution in [0.4, 0.5) is 8.78 Å². The summed E-state index contributed by atoms with van der Waals surface area (Å²) in [6, 6.07) is 10.4. The zero-order valence-electron chi connectivity index (χ0n) is 10.8. The Kier molecular flexibility index (Phi) is 3.72. The van der Waals surface area contributed by atoms with Crippen LogP contribution in [0.25, 0.3) is 11.1 Å². The van der Waals surface area contributed by atoms with E-state index in [1.54, 1.807) is 0 Å². The summed E-state index contributed by atoms with van der Waals surface area (Å²) in [4.78, 5) is 0. The highest BCUT2D eigenvalue weighted by molar-refractivity contribution is 6.33. The van der Waals surface area contributed by atoms with Crippen molar-refractivity contribution >= 4 is 11.6 Å². The van der Waals surface area contributed by atoms with Crippen LogP contribution < -0.4 is 5.32 Å². The number of hydrogen-bond acceptors (Lipinski definition) is 1. The Morgan fingerprint density at radius 1 is 1.05 bits per heavy atom. The normalized spacial score (nSPS) is 14.6. The Bertz CT molecular complexity index is 638. The molecular formula is C16H14ClF2N. The predicted molar refractivity (Wildman–Crippen MR) is 76.7 cm³/mol. The molecule has 104 valence electrons. The first-order chi connectivity index (χ1) is 9.65. The fourth-order valence-electron chi connectivity index (χ4n) is 2.21. The predicted octanol–water partition coefficient (Wildman–Crippen LogP) is 4.54. The van der Waals surface area contributed by atoms with Gasteiger partial charge in [0.1, 0.15) is 0 Å². The van der Waals surface area contributed by atoms with Gasteiger partial charge in [0.15, 0.2) is 11.6 Å². The molecule has 2 aromatic carbocycles. The molecule has 0 radical (unpaired) electrons. The quantitative estimate of drug-likeness (QED) is 0.816. The van der Waals surface area contributed by atoms with Crippen LogP contribution in [-0.4, -0.2) is 6.04 Å². The van der Waals surface area contributed by atoms with E-state index in [9.17, 15) is 8.78 Å². The molecule has 1 saturated carbocycles. The molecule has 1 fully saturated rings. The molecule has 0 heterocycles. The van der Waals surface area contributed by atoms with Crippen LogP contribution in [0.15, 0.2) is 36.4 Å². The lowest BCUT2D eigenvalue weighted by atomic mass is 9.99. The van der Waals surface area contributed by atoms with E-state index in [2.05, 4.69) is 5.32 Å². The maximum atomic E-state index is 13.5. The summed E-state index contributed by atoms with van der Waals surface area (Å²) in [6.07, 6.45) is 2.40. The van der Waals surface area contributed by atoms with E-state index in [0.29, 0.717) is 18.2 Å². The van der Waals surface area contributed by atoms with Crippen LogP contribution in [0, 0.1) is 11.6 Å². The van der Waals surface area contributed by atoms with Gasteiger partial charge in [0.05, 0.1) is 5.02 Å². The second-order valence-electron chi connectivity index (χ2n) is 5.06. The first-order valence-electron chi connectivity index (χ1n) is 6.61. The van der Waals surface area contributed by atoms with Crippen molar-refractivity contribution in [3.63, 3.8) is 0 Å². The van der Waals surface area contributed by atoms with Gasteiger partial charge in [-0.1, -0.05) is 35.9 Å². The third-order valence-electron chi connectivity index (χ3n) is 3.48. The van der Waals surface area contributed by atoms with Gasteiger partial charge in [-0.2, -0.15) is 0 Å². The van der Waals surface area contributed by atoms with Gasteiger partial charge in [0.25, 0.3) is 0 Å². The molecule has 0 spiro atoms. The molecule has 0 bridgehead atoms. The first kappa shape index (κ1) is 13.5. The monoisotopic (exact) mass is 293 g/mol. The molecule has 0 atom stereocenters. The molecule has 1 aliphatic rings. The van der Waals surface area contributed by atoms with Gasteiger partial charge in [0.2, 0.25) is 0 Å². The van der Waals surface area contributed by atoms with Crippen LogP contribution in [-0.2, 0) is 6.54 Å². The molecule has 2 aromatic rings. The summed E-state index contributed by atoms with van der Waals surface area (Å²) in [5, 5.41) is 3.64. The minimum Gasteiger partial charge on any atom is -0.310 e. The van der Waals surface area contributed by atoms with Crippen molar-refractivity contribution < 1.29 is 8.78 Å². The Balaban J connectivity index is 1.98. The third-order valence-corrected chi connectivity index (χ3v) is 3.79. The van der Waals surface area contributed by atoms with Crippen molar-refractivity contribution in [2.24, 2.45) is 0 Å². The van der Waals surface area contributed by atoms with E-state index in [-0.39, 0.29) is 5.02 Å². The zero-order valence-corrected chi connectivity index (χ0v) is 11.6. The van der Waals surface area contributed by atoms with Gasteiger partial charge < -0.3 is 5.32 Å². The topological polar surface area (TPSA) is 12.0 Å². The second kappa shape index (κ2) is 5.51. The molecular weight excluding hydrogens is 280 g/mol. The molecule has 0 unspecified atom stereocenters. The fourth-order valence-corrected chi connectivity index (χ4v) is 2.46. The zero-order chi connectivity index (χ0) is 14.1. The smallest absolute Gasteiger partial charge is 0.160 e. The van der Waals surface area contributed by atoms with Gasteiger partial charge in [0, 0.05) is 18.2 Å². The minimum atomic E-state index is -0.924. The Morgan fingerprint density at radius 3 is 2.50 bits per heavy atom. The second-order valence-corrected chi connectivity index (χ2v) is 5.47. The largest absolute Gasteiger partial charge is 0.310 e. The van der Waals surface area contributed by atoms with Crippen LogP contribution >= 0.6 is 11.6 Å². The fraction of sp³-hybridized carbons (Fsp3) is 0.250. The number of halogens is 3. The molecule has 0 amide bonds. The van der Waals surface area contributed by atoms with Gasteiger partial charge in [-0.15, -0.1) is 0 Å². The third kappa shape index (κ3) is 2.84. The van der Waals surface area contributed by atoms with E-state index in [0.717, 1.165) is 23.3 Å². The molecule has 0 aromatic heterocycles. The molecule has 1 aliphatic carbocycles. The number of rotatable bonds is 4. The molecule has 20 heavy (non-hydrogen) atoms. The maximum Gasteiger partial charge on any atom is 0.160 e. The molecule has 1 N–H and O–H groups in total. The van der Waals surface area contributed by atoms with Crippen LogP contribution in [0.3, 0.4) is 0 Å². The van der Waals surface area contributed by atoms with Crippen molar-refractivity contribution in [2.75, 3.05) is 0 Å². The molecule has 0 saturated heterocycles. The summed E-state index contributed by atoms with van der Waals surface area (Å²) in [5.41, 5.74) is 2.40. The van der Waals surface area contributed by atoms with Crippen LogP contribution in [0.1, 0.15) is 18.4 Å². The summed E-state index contributed by atoms with van der Waals surface area (Å²) < 4.78 is 26.6. The summed E-state index contributed by atoms with van der Waals surface area (Å²) in [7, 11) is 0. The summed E-state index contributed by atoms with van der Waals surface area (Å²) >= 11 is 6.06. The number of nitrogens with one attached hydrogen (secondary N) is 1. The molecule has 1 nitrogen and oxygen atoms in total. The van der Waals surface area contributed by atoms with Crippen LogP contribution in [0.5, 0.6) is 0 Å². The average Bonchev–Trinajstić information content (AvgIpc) is 3.25. The molecule has 4 heteroatoms. The Morgan fingerprint density at radius 2 is 1.75 bits per heavy atom. The molecule has 3 rings (SSSR count). The van der Waals surface area contributed by atoms with Gasteiger partial charge >= 0.3 is 0 Å². The summed E-state index contributed by atoms with van der Waals surface area (Å²) in [5.74, 6) is -1.80. The lowest BCUT2D eigenvalue weighted by molar-refractivity contribution is 0.509. The number of hydrogen-bond donors (Lipinski definition) is 1.